The Morgan fingerprint density at radius 3 is 2.37 bits per heavy atom. The fraction of sp³-hybridized carbons (Fsp3) is 0.238. The van der Waals surface area contributed by atoms with Crippen molar-refractivity contribution in [2.75, 3.05) is 11.9 Å². The molecular formula is C21H21FN4O4. The van der Waals surface area contributed by atoms with Crippen LogP contribution in [0.15, 0.2) is 53.3 Å². The Labute approximate surface area is 172 Å². The van der Waals surface area contributed by atoms with Crippen LogP contribution in [0.5, 0.6) is 0 Å². The van der Waals surface area contributed by atoms with Gasteiger partial charge in [0.05, 0.1) is 5.56 Å². The molecule has 0 saturated heterocycles. The molecule has 0 aliphatic heterocycles. The molecular weight excluding hydrogens is 391 g/mol. The van der Waals surface area contributed by atoms with E-state index >= 15 is 0 Å². The molecule has 0 radical (unpaired) electrons. The Bertz CT molecular complexity index is 1030. The van der Waals surface area contributed by atoms with Crippen molar-refractivity contribution in [3.05, 3.63) is 54.6 Å². The van der Waals surface area contributed by atoms with Crippen molar-refractivity contribution < 1.29 is 23.2 Å². The van der Waals surface area contributed by atoms with Gasteiger partial charge in [0, 0.05) is 18.0 Å². The number of anilines is 1. The van der Waals surface area contributed by atoms with Crippen LogP contribution in [0, 0.1) is 5.82 Å². The molecule has 0 fully saturated rings. The highest BCUT2D eigenvalue weighted by Gasteiger charge is 2.22. The van der Waals surface area contributed by atoms with Crippen molar-refractivity contribution in [1.82, 2.24) is 15.5 Å². The smallest absolute Gasteiger partial charge is 0.408 e. The van der Waals surface area contributed by atoms with Gasteiger partial charge in [0.1, 0.15) is 23.7 Å². The minimum atomic E-state index is -0.712. The molecule has 1 aromatic carbocycles. The zero-order valence-corrected chi connectivity index (χ0v) is 16.7. The number of hydrogen-bond donors (Lipinski definition) is 2. The lowest BCUT2D eigenvalue weighted by Gasteiger charge is -2.19. The first-order valence-electron chi connectivity index (χ1n) is 9.15. The van der Waals surface area contributed by atoms with Crippen molar-refractivity contribution in [1.29, 1.82) is 0 Å². The molecule has 3 rings (SSSR count). The van der Waals surface area contributed by atoms with E-state index in [0.29, 0.717) is 22.4 Å². The molecule has 2 aromatic heterocycles. The average Bonchev–Trinajstić information content (AvgIpc) is 3.10. The van der Waals surface area contributed by atoms with Crippen LogP contribution >= 0.6 is 0 Å². The molecule has 0 unspecified atom stereocenters. The number of halogens is 1. The molecule has 2 N–H and O–H groups in total. The summed E-state index contributed by atoms with van der Waals surface area (Å²) in [7, 11) is 0. The number of amides is 2. The first kappa shape index (κ1) is 21.0. The second-order valence-electron chi connectivity index (χ2n) is 7.38. The fourth-order valence-electron chi connectivity index (χ4n) is 2.60. The quantitative estimate of drug-likeness (QED) is 0.656. The zero-order chi connectivity index (χ0) is 21.7. The van der Waals surface area contributed by atoms with Crippen molar-refractivity contribution in [3.63, 3.8) is 0 Å². The molecule has 0 atom stereocenters. The van der Waals surface area contributed by atoms with Crippen LogP contribution in [0.4, 0.5) is 15.1 Å². The molecule has 0 saturated carbocycles. The van der Waals surface area contributed by atoms with Gasteiger partial charge in [-0.3, -0.25) is 15.1 Å². The lowest BCUT2D eigenvalue weighted by atomic mass is 10.0. The first-order chi connectivity index (χ1) is 14.2. The number of benzene rings is 1. The topological polar surface area (TPSA) is 106 Å². The predicted molar refractivity (Wildman–Crippen MR) is 108 cm³/mol. The molecule has 156 valence electrons. The number of hydrogen-bond acceptors (Lipinski definition) is 6. The van der Waals surface area contributed by atoms with Gasteiger partial charge in [-0.25, -0.2) is 9.18 Å². The molecule has 30 heavy (non-hydrogen) atoms. The molecule has 8 nitrogen and oxygen atoms in total. The van der Waals surface area contributed by atoms with E-state index in [1.165, 1.54) is 12.1 Å². The molecule has 2 heterocycles. The molecule has 3 aromatic rings. The summed E-state index contributed by atoms with van der Waals surface area (Å²) in [4.78, 5) is 28.0. The summed E-state index contributed by atoms with van der Waals surface area (Å²) in [5.74, 6) is -0.816. The Balaban J connectivity index is 1.82. The molecule has 0 spiro atoms. The number of alkyl carbamates (subject to hydrolysis) is 1. The third-order valence-electron chi connectivity index (χ3n) is 3.82. The van der Waals surface area contributed by atoms with E-state index in [0.717, 1.165) is 0 Å². The van der Waals surface area contributed by atoms with Gasteiger partial charge in [-0.05, 0) is 62.7 Å². The van der Waals surface area contributed by atoms with Crippen molar-refractivity contribution in [2.24, 2.45) is 0 Å². The normalized spacial score (nSPS) is 11.1. The Morgan fingerprint density at radius 2 is 1.73 bits per heavy atom. The second kappa shape index (κ2) is 8.73. The van der Waals surface area contributed by atoms with Gasteiger partial charge in [0.25, 0.3) is 0 Å². The number of nitrogens with one attached hydrogen (secondary N) is 2. The summed E-state index contributed by atoms with van der Waals surface area (Å²) < 4.78 is 23.8. The molecule has 0 aliphatic rings. The Kier molecular flexibility index (Phi) is 6.10. The summed E-state index contributed by atoms with van der Waals surface area (Å²) in [6, 6.07) is 9.20. The van der Waals surface area contributed by atoms with Gasteiger partial charge in [-0.15, -0.1) is 0 Å². The van der Waals surface area contributed by atoms with E-state index in [2.05, 4.69) is 20.8 Å². The molecule has 2 amide bonds. The maximum absolute atomic E-state index is 13.3. The Morgan fingerprint density at radius 1 is 1.07 bits per heavy atom. The summed E-state index contributed by atoms with van der Waals surface area (Å²) in [5, 5.41) is 9.02. The van der Waals surface area contributed by atoms with Gasteiger partial charge in [-0.1, -0.05) is 5.16 Å². The van der Waals surface area contributed by atoms with E-state index in [-0.39, 0.29) is 18.2 Å². The number of rotatable bonds is 5. The van der Waals surface area contributed by atoms with Gasteiger partial charge < -0.3 is 14.6 Å². The zero-order valence-electron chi connectivity index (χ0n) is 16.7. The number of carbonyl (C=O) groups excluding carboxylic acids is 2. The highest BCUT2D eigenvalue weighted by atomic mass is 19.1. The third-order valence-corrected chi connectivity index (χ3v) is 3.82. The number of pyridine rings is 1. The summed E-state index contributed by atoms with van der Waals surface area (Å²) in [6.45, 7) is 4.84. The maximum Gasteiger partial charge on any atom is 0.408 e. The number of aromatic nitrogens is 2. The minimum Gasteiger partial charge on any atom is -0.444 e. The largest absolute Gasteiger partial charge is 0.444 e. The van der Waals surface area contributed by atoms with Crippen LogP contribution in [0.3, 0.4) is 0 Å². The van der Waals surface area contributed by atoms with E-state index in [1.807, 2.05) is 0 Å². The predicted octanol–water partition coefficient (Wildman–Crippen LogP) is 4.01. The monoisotopic (exact) mass is 412 g/mol. The van der Waals surface area contributed by atoms with E-state index in [4.69, 9.17) is 9.26 Å². The Hall–Kier alpha value is -3.75. The lowest BCUT2D eigenvalue weighted by molar-refractivity contribution is -0.115. The van der Waals surface area contributed by atoms with Crippen LogP contribution in [-0.4, -0.2) is 34.3 Å². The summed E-state index contributed by atoms with van der Waals surface area (Å²) in [5.41, 5.74) is 1.57. The lowest BCUT2D eigenvalue weighted by Crippen LogP contribution is -2.37. The van der Waals surface area contributed by atoms with Crippen LogP contribution in [0.2, 0.25) is 0 Å². The number of ether oxygens (including phenoxy) is 1. The second-order valence-corrected chi connectivity index (χ2v) is 7.38. The van der Waals surface area contributed by atoms with Gasteiger partial charge in [0.15, 0.2) is 0 Å². The van der Waals surface area contributed by atoms with Crippen molar-refractivity contribution in [2.45, 2.75) is 26.4 Å². The first-order valence-corrected chi connectivity index (χ1v) is 9.15. The standard InChI is InChI=1S/C21H21FN4O4/c1-21(2,3)29-20(28)24-12-16(27)25-19-17(13-8-10-23-11-9-13)18(26-30-19)14-4-6-15(22)7-5-14/h4-11H,12H2,1-3H3,(H,24,28)(H,25,27). The molecule has 0 aliphatic carbocycles. The van der Waals surface area contributed by atoms with Crippen LogP contribution in [-0.2, 0) is 9.53 Å². The SMILES string of the molecule is CC(C)(C)OC(=O)NCC(=O)Nc1onc(-c2ccc(F)cc2)c1-c1ccncc1. The van der Waals surface area contributed by atoms with E-state index in [1.54, 1.807) is 57.4 Å². The number of nitrogens with zero attached hydrogens (tertiary/aromatic N) is 2. The van der Waals surface area contributed by atoms with Crippen LogP contribution < -0.4 is 10.6 Å². The van der Waals surface area contributed by atoms with Crippen LogP contribution in [0.25, 0.3) is 22.4 Å². The third kappa shape index (κ3) is 5.40. The highest BCUT2D eigenvalue weighted by Crippen LogP contribution is 2.37. The van der Waals surface area contributed by atoms with Crippen molar-refractivity contribution in [3.8, 4) is 22.4 Å². The van der Waals surface area contributed by atoms with Gasteiger partial charge in [-0.2, -0.15) is 0 Å². The fourth-order valence-corrected chi connectivity index (χ4v) is 2.60. The maximum atomic E-state index is 13.3. The average molecular weight is 412 g/mol. The molecule has 0 bridgehead atoms. The summed E-state index contributed by atoms with van der Waals surface area (Å²) in [6.07, 6.45) is 2.47. The van der Waals surface area contributed by atoms with Gasteiger partial charge in [0.2, 0.25) is 11.8 Å². The number of carbonyl (C=O) groups is 2. The summed E-state index contributed by atoms with van der Waals surface area (Å²) >= 11 is 0. The van der Waals surface area contributed by atoms with Gasteiger partial charge >= 0.3 is 6.09 Å². The molecule has 9 heteroatoms. The van der Waals surface area contributed by atoms with E-state index < -0.39 is 17.6 Å². The van der Waals surface area contributed by atoms with E-state index in [9.17, 15) is 14.0 Å². The highest BCUT2D eigenvalue weighted by molar-refractivity contribution is 5.98. The van der Waals surface area contributed by atoms with Crippen molar-refractivity contribution >= 4 is 17.9 Å². The van der Waals surface area contributed by atoms with Crippen LogP contribution in [0.1, 0.15) is 20.8 Å². The minimum absolute atomic E-state index is 0.0940.